The number of furan rings is 1. The summed E-state index contributed by atoms with van der Waals surface area (Å²) in [6.45, 7) is 2.19. The van der Waals surface area contributed by atoms with E-state index in [1.165, 1.54) is 36.7 Å². The highest BCUT2D eigenvalue weighted by Gasteiger charge is 2.14. The van der Waals surface area contributed by atoms with Crippen molar-refractivity contribution < 1.29 is 9.21 Å². The molecule has 2 heterocycles. The lowest BCUT2D eigenvalue weighted by Gasteiger charge is -2.00. The van der Waals surface area contributed by atoms with Crippen molar-refractivity contribution in [1.29, 1.82) is 5.26 Å². The van der Waals surface area contributed by atoms with Crippen LogP contribution in [0.5, 0.6) is 0 Å². The van der Waals surface area contributed by atoms with Gasteiger partial charge in [-0.2, -0.15) is 5.26 Å². The minimum Gasteiger partial charge on any atom is -0.457 e. The van der Waals surface area contributed by atoms with Crippen LogP contribution in [-0.4, -0.2) is 16.1 Å². The average molecular weight is 455 g/mol. The van der Waals surface area contributed by atoms with Crippen molar-refractivity contribution in [2.24, 2.45) is 0 Å². The summed E-state index contributed by atoms with van der Waals surface area (Å²) in [5, 5.41) is 22.0. The molecule has 0 atom stereocenters. The molecule has 8 heteroatoms. The number of halogens is 1. The number of nitrogens with zero attached hydrogens (tertiary/aromatic N) is 3. The number of carbonyl (C=O) groups is 1. The number of unbranched alkanes of at least 4 members (excludes halogenated alkanes) is 4. The standard InChI is InChI=1S/C23H23ClN4O2S/c1-2-3-4-5-6-11-21-27-28-23(31-21)26-22(29)16(15-25)14-17-12-13-20(30-17)18-9-7-8-10-19(18)24/h7-10,12-14H,2-6,11H2,1H3,(H,26,28,29)/b16-14-. The van der Waals surface area contributed by atoms with Crippen LogP contribution in [0.25, 0.3) is 17.4 Å². The normalized spacial score (nSPS) is 11.3. The van der Waals surface area contributed by atoms with E-state index in [1.54, 1.807) is 18.2 Å². The Labute approximate surface area is 190 Å². The molecule has 3 aromatic rings. The predicted octanol–water partition coefficient (Wildman–Crippen LogP) is 6.51. The second-order valence-electron chi connectivity index (χ2n) is 6.97. The third kappa shape index (κ3) is 6.51. The first-order valence-corrected chi connectivity index (χ1v) is 11.4. The zero-order chi connectivity index (χ0) is 22.1. The molecule has 0 radical (unpaired) electrons. The number of anilines is 1. The van der Waals surface area contributed by atoms with Gasteiger partial charge in [0, 0.05) is 18.1 Å². The highest BCUT2D eigenvalue weighted by molar-refractivity contribution is 7.15. The van der Waals surface area contributed by atoms with Gasteiger partial charge in [0.05, 0.1) is 5.02 Å². The Morgan fingerprint density at radius 1 is 1.19 bits per heavy atom. The molecule has 0 saturated heterocycles. The van der Waals surface area contributed by atoms with Crippen molar-refractivity contribution >= 4 is 40.1 Å². The molecule has 0 fully saturated rings. The Morgan fingerprint density at radius 2 is 2.00 bits per heavy atom. The molecule has 3 rings (SSSR count). The van der Waals surface area contributed by atoms with Gasteiger partial charge in [-0.3, -0.25) is 10.1 Å². The molecule has 2 aromatic heterocycles. The van der Waals surface area contributed by atoms with Gasteiger partial charge in [0.15, 0.2) is 0 Å². The van der Waals surface area contributed by atoms with Crippen LogP contribution in [0, 0.1) is 11.3 Å². The maximum absolute atomic E-state index is 12.5. The van der Waals surface area contributed by atoms with Crippen molar-refractivity contribution in [3.8, 4) is 17.4 Å². The van der Waals surface area contributed by atoms with E-state index in [0.717, 1.165) is 29.8 Å². The van der Waals surface area contributed by atoms with E-state index in [4.69, 9.17) is 16.0 Å². The summed E-state index contributed by atoms with van der Waals surface area (Å²) in [5.74, 6) is 0.387. The van der Waals surface area contributed by atoms with Gasteiger partial charge in [-0.25, -0.2) is 0 Å². The van der Waals surface area contributed by atoms with Gasteiger partial charge >= 0.3 is 0 Å². The number of nitriles is 1. The smallest absolute Gasteiger partial charge is 0.268 e. The average Bonchev–Trinajstić information content (AvgIpc) is 3.41. The molecular formula is C23H23ClN4O2S. The second-order valence-corrected chi connectivity index (χ2v) is 8.44. The van der Waals surface area contributed by atoms with Gasteiger partial charge in [0.1, 0.15) is 28.2 Å². The van der Waals surface area contributed by atoms with E-state index in [0.29, 0.717) is 21.7 Å². The van der Waals surface area contributed by atoms with Crippen LogP contribution in [0.4, 0.5) is 5.13 Å². The maximum Gasteiger partial charge on any atom is 0.268 e. The SMILES string of the molecule is CCCCCCCc1nnc(NC(=O)/C(C#N)=C\c2ccc(-c3ccccc3Cl)o2)s1. The lowest BCUT2D eigenvalue weighted by molar-refractivity contribution is -0.112. The number of hydrogen-bond acceptors (Lipinski definition) is 6. The monoisotopic (exact) mass is 454 g/mol. The summed E-state index contributed by atoms with van der Waals surface area (Å²) in [5.41, 5.74) is 0.652. The first-order valence-electron chi connectivity index (χ1n) is 10.2. The first kappa shape index (κ1) is 22.7. The Morgan fingerprint density at radius 3 is 2.77 bits per heavy atom. The Balaban J connectivity index is 1.61. The van der Waals surface area contributed by atoms with E-state index in [-0.39, 0.29) is 5.57 Å². The molecule has 1 amide bonds. The zero-order valence-corrected chi connectivity index (χ0v) is 18.8. The number of nitrogens with one attached hydrogen (secondary N) is 1. The van der Waals surface area contributed by atoms with E-state index >= 15 is 0 Å². The largest absolute Gasteiger partial charge is 0.457 e. The molecule has 1 aromatic carbocycles. The van der Waals surface area contributed by atoms with Crippen LogP contribution >= 0.6 is 22.9 Å². The molecule has 0 aliphatic heterocycles. The fourth-order valence-electron chi connectivity index (χ4n) is 2.98. The summed E-state index contributed by atoms with van der Waals surface area (Å²) in [4.78, 5) is 12.5. The summed E-state index contributed by atoms with van der Waals surface area (Å²) in [6.07, 6.45) is 8.13. The van der Waals surface area contributed by atoms with Crippen molar-refractivity contribution in [2.45, 2.75) is 45.4 Å². The summed E-state index contributed by atoms with van der Waals surface area (Å²) in [7, 11) is 0. The van der Waals surface area contributed by atoms with Crippen LogP contribution in [-0.2, 0) is 11.2 Å². The maximum atomic E-state index is 12.5. The number of aryl methyl sites for hydroxylation is 1. The van der Waals surface area contributed by atoms with Gasteiger partial charge < -0.3 is 4.42 Å². The van der Waals surface area contributed by atoms with Crippen LogP contribution in [0.2, 0.25) is 5.02 Å². The van der Waals surface area contributed by atoms with Gasteiger partial charge in [-0.15, -0.1) is 10.2 Å². The van der Waals surface area contributed by atoms with Gasteiger partial charge in [0.25, 0.3) is 5.91 Å². The number of aromatic nitrogens is 2. The molecular weight excluding hydrogens is 432 g/mol. The number of rotatable bonds is 10. The lowest BCUT2D eigenvalue weighted by Crippen LogP contribution is -2.13. The highest BCUT2D eigenvalue weighted by atomic mass is 35.5. The Kier molecular flexibility index (Phi) is 8.39. The zero-order valence-electron chi connectivity index (χ0n) is 17.2. The molecule has 0 unspecified atom stereocenters. The minimum atomic E-state index is -0.552. The topological polar surface area (TPSA) is 91.8 Å². The molecule has 160 valence electrons. The molecule has 31 heavy (non-hydrogen) atoms. The first-order chi connectivity index (χ1) is 15.1. The molecule has 6 nitrogen and oxygen atoms in total. The van der Waals surface area contributed by atoms with E-state index < -0.39 is 5.91 Å². The van der Waals surface area contributed by atoms with Crippen molar-refractivity contribution in [2.75, 3.05) is 5.32 Å². The summed E-state index contributed by atoms with van der Waals surface area (Å²) >= 11 is 7.53. The molecule has 0 aliphatic carbocycles. The van der Waals surface area contributed by atoms with Crippen molar-refractivity contribution in [3.63, 3.8) is 0 Å². The van der Waals surface area contributed by atoms with Crippen LogP contribution < -0.4 is 5.32 Å². The quantitative estimate of drug-likeness (QED) is 0.214. The number of benzene rings is 1. The molecule has 0 saturated carbocycles. The third-order valence-electron chi connectivity index (χ3n) is 4.60. The van der Waals surface area contributed by atoms with Gasteiger partial charge in [0.2, 0.25) is 5.13 Å². The number of hydrogen-bond donors (Lipinski definition) is 1. The van der Waals surface area contributed by atoms with E-state index in [1.807, 2.05) is 24.3 Å². The summed E-state index contributed by atoms with van der Waals surface area (Å²) < 4.78 is 5.74. The fourth-order valence-corrected chi connectivity index (χ4v) is 3.98. The number of amides is 1. The highest BCUT2D eigenvalue weighted by Crippen LogP contribution is 2.29. The fraction of sp³-hybridized carbons (Fsp3) is 0.304. The number of carbonyl (C=O) groups excluding carboxylic acids is 1. The summed E-state index contributed by atoms with van der Waals surface area (Å²) in [6, 6.07) is 12.6. The van der Waals surface area contributed by atoms with E-state index in [9.17, 15) is 10.1 Å². The third-order valence-corrected chi connectivity index (χ3v) is 5.83. The van der Waals surface area contributed by atoms with Crippen molar-refractivity contribution in [3.05, 3.63) is 57.8 Å². The van der Waals surface area contributed by atoms with E-state index in [2.05, 4.69) is 22.4 Å². The molecule has 1 N–H and O–H groups in total. The molecule has 0 bridgehead atoms. The van der Waals surface area contributed by atoms with Crippen molar-refractivity contribution in [1.82, 2.24) is 10.2 Å². The lowest BCUT2D eigenvalue weighted by atomic mass is 10.1. The molecule has 0 aliphatic rings. The van der Waals surface area contributed by atoms with Crippen LogP contribution in [0.1, 0.15) is 49.8 Å². The van der Waals surface area contributed by atoms with Crippen LogP contribution in [0.3, 0.4) is 0 Å². The molecule has 0 spiro atoms. The van der Waals surface area contributed by atoms with Gasteiger partial charge in [-0.1, -0.05) is 67.7 Å². The Hall–Kier alpha value is -2.95. The Bertz CT molecular complexity index is 1100. The predicted molar refractivity (Wildman–Crippen MR) is 124 cm³/mol. The van der Waals surface area contributed by atoms with Crippen LogP contribution in [0.15, 0.2) is 46.4 Å². The second kappa shape index (κ2) is 11.4. The van der Waals surface area contributed by atoms with Gasteiger partial charge in [-0.05, 0) is 30.7 Å². The minimum absolute atomic E-state index is 0.0867.